The molecule has 1 aliphatic rings. The number of hydrogen-bond acceptors (Lipinski definition) is 8. The number of carbonyl (C=O) groups excluding carboxylic acids is 1. The number of aryl methyl sites for hydroxylation is 1. The van der Waals surface area contributed by atoms with E-state index in [-0.39, 0.29) is 12.5 Å². The Bertz CT molecular complexity index is 921. The molecule has 128 valence electrons. The molecule has 0 bridgehead atoms. The predicted octanol–water partition coefficient (Wildman–Crippen LogP) is 2.20. The molecule has 0 saturated carbocycles. The van der Waals surface area contributed by atoms with Gasteiger partial charge in [-0.1, -0.05) is 9.64 Å². The Morgan fingerprint density at radius 1 is 1.24 bits per heavy atom. The number of aromatic nitrogens is 3. The monoisotopic (exact) mass is 358 g/mol. The Balaban J connectivity index is 1.45. The van der Waals surface area contributed by atoms with Gasteiger partial charge in [-0.2, -0.15) is 0 Å². The summed E-state index contributed by atoms with van der Waals surface area (Å²) in [6, 6.07) is 7.35. The number of benzene rings is 1. The smallest absolute Gasteiger partial charge is 0.265 e. The molecule has 0 fully saturated rings. The van der Waals surface area contributed by atoms with Crippen molar-refractivity contribution in [3.63, 3.8) is 0 Å². The minimum absolute atomic E-state index is 0.226. The van der Waals surface area contributed by atoms with Gasteiger partial charge in [-0.15, -0.1) is 5.10 Å². The number of nitrogens with one attached hydrogen (secondary N) is 1. The second kappa shape index (κ2) is 6.52. The summed E-state index contributed by atoms with van der Waals surface area (Å²) in [6.45, 7) is 3.07. The molecule has 8 nitrogen and oxygen atoms in total. The summed E-state index contributed by atoms with van der Waals surface area (Å²) in [5, 5.41) is 10.6. The number of ether oxygens (including phenoxy) is 2. The van der Waals surface area contributed by atoms with E-state index >= 15 is 0 Å². The molecule has 1 N–H and O–H groups in total. The van der Waals surface area contributed by atoms with Crippen LogP contribution in [-0.2, 0) is 6.54 Å². The number of rotatable bonds is 4. The molecule has 3 heterocycles. The largest absolute Gasteiger partial charge is 0.486 e. The summed E-state index contributed by atoms with van der Waals surface area (Å²) >= 11 is 1.07. The molecule has 0 radical (unpaired) electrons. The van der Waals surface area contributed by atoms with Crippen molar-refractivity contribution in [2.75, 3.05) is 13.2 Å². The molecule has 25 heavy (non-hydrogen) atoms. The molecule has 1 amide bonds. The first kappa shape index (κ1) is 15.6. The molecule has 4 rings (SSSR count). The van der Waals surface area contributed by atoms with Gasteiger partial charge in [0.05, 0.1) is 12.2 Å². The van der Waals surface area contributed by atoms with Crippen molar-refractivity contribution in [2.24, 2.45) is 0 Å². The Morgan fingerprint density at radius 3 is 2.88 bits per heavy atom. The number of hydrogen-bond donors (Lipinski definition) is 1. The summed E-state index contributed by atoms with van der Waals surface area (Å²) in [5.74, 6) is 1.77. The first-order chi connectivity index (χ1) is 12.2. The van der Waals surface area contributed by atoms with Gasteiger partial charge in [0.2, 0.25) is 0 Å². The fourth-order valence-corrected chi connectivity index (χ4v) is 2.99. The van der Waals surface area contributed by atoms with Crippen molar-refractivity contribution in [1.82, 2.24) is 20.1 Å². The SMILES string of the molecule is Cc1nnsc1C(=O)NCc1cc(-c2ccc3c(c2)OCCO3)on1. The third kappa shape index (κ3) is 3.18. The van der Waals surface area contributed by atoms with E-state index in [2.05, 4.69) is 20.1 Å². The van der Waals surface area contributed by atoms with Gasteiger partial charge in [-0.05, 0) is 36.7 Å². The van der Waals surface area contributed by atoms with Crippen molar-refractivity contribution in [3.05, 3.63) is 40.5 Å². The third-order valence-corrected chi connectivity index (χ3v) is 4.50. The van der Waals surface area contributed by atoms with E-state index in [0.717, 1.165) is 22.8 Å². The Labute approximate surface area is 146 Å². The second-order valence-electron chi connectivity index (χ2n) is 5.41. The van der Waals surface area contributed by atoms with Crippen LogP contribution in [0.1, 0.15) is 21.1 Å². The molecule has 0 atom stereocenters. The quantitative estimate of drug-likeness (QED) is 0.763. The van der Waals surface area contributed by atoms with E-state index in [1.54, 1.807) is 13.0 Å². The van der Waals surface area contributed by atoms with Gasteiger partial charge in [0.25, 0.3) is 5.91 Å². The predicted molar refractivity (Wildman–Crippen MR) is 88.7 cm³/mol. The molecular weight excluding hydrogens is 344 g/mol. The molecule has 0 saturated heterocycles. The lowest BCUT2D eigenvalue weighted by Gasteiger charge is -2.18. The summed E-state index contributed by atoms with van der Waals surface area (Å²) in [7, 11) is 0. The van der Waals surface area contributed by atoms with Crippen molar-refractivity contribution in [3.8, 4) is 22.8 Å². The fourth-order valence-electron chi connectivity index (χ4n) is 2.42. The van der Waals surface area contributed by atoms with Crippen LogP contribution in [-0.4, -0.2) is 33.9 Å². The highest BCUT2D eigenvalue weighted by atomic mass is 32.1. The number of fused-ring (bicyclic) bond motifs is 1. The van der Waals surface area contributed by atoms with E-state index in [1.807, 2.05) is 18.2 Å². The highest BCUT2D eigenvalue weighted by molar-refractivity contribution is 7.07. The van der Waals surface area contributed by atoms with Crippen LogP contribution in [0.25, 0.3) is 11.3 Å². The zero-order valence-corrected chi connectivity index (χ0v) is 14.1. The lowest BCUT2D eigenvalue weighted by molar-refractivity contribution is 0.0953. The van der Waals surface area contributed by atoms with Gasteiger partial charge in [0.15, 0.2) is 17.3 Å². The van der Waals surface area contributed by atoms with E-state index in [9.17, 15) is 4.79 Å². The van der Waals surface area contributed by atoms with Crippen molar-refractivity contribution >= 4 is 17.4 Å². The summed E-state index contributed by atoms with van der Waals surface area (Å²) in [4.78, 5) is 12.6. The normalized spacial score (nSPS) is 12.8. The summed E-state index contributed by atoms with van der Waals surface area (Å²) in [5.41, 5.74) is 2.06. The van der Waals surface area contributed by atoms with Gasteiger partial charge >= 0.3 is 0 Å². The van der Waals surface area contributed by atoms with Crippen LogP contribution in [0.3, 0.4) is 0 Å². The minimum Gasteiger partial charge on any atom is -0.486 e. The van der Waals surface area contributed by atoms with Crippen LogP contribution < -0.4 is 14.8 Å². The molecular formula is C16H14N4O4S. The van der Waals surface area contributed by atoms with Gasteiger partial charge in [-0.25, -0.2) is 0 Å². The first-order valence-corrected chi connectivity index (χ1v) is 8.41. The summed E-state index contributed by atoms with van der Waals surface area (Å²) < 4.78 is 20.2. The number of carbonyl (C=O) groups is 1. The van der Waals surface area contributed by atoms with Crippen molar-refractivity contribution in [2.45, 2.75) is 13.5 Å². The van der Waals surface area contributed by atoms with E-state index in [4.69, 9.17) is 14.0 Å². The molecule has 1 aliphatic heterocycles. The molecule has 0 aliphatic carbocycles. The van der Waals surface area contributed by atoms with Crippen LogP contribution >= 0.6 is 11.5 Å². The average molecular weight is 358 g/mol. The molecule has 2 aromatic heterocycles. The Kier molecular flexibility index (Phi) is 4.06. The van der Waals surface area contributed by atoms with Crippen LogP contribution in [0.2, 0.25) is 0 Å². The molecule has 1 aromatic carbocycles. The Hall–Kier alpha value is -2.94. The van der Waals surface area contributed by atoms with Crippen molar-refractivity contribution < 1.29 is 18.8 Å². The lowest BCUT2D eigenvalue weighted by Crippen LogP contribution is -2.22. The third-order valence-electron chi connectivity index (χ3n) is 3.67. The van der Waals surface area contributed by atoms with Crippen LogP contribution in [0.15, 0.2) is 28.8 Å². The molecule has 3 aromatic rings. The highest BCUT2D eigenvalue weighted by Gasteiger charge is 2.16. The zero-order valence-electron chi connectivity index (χ0n) is 13.3. The average Bonchev–Trinajstić information content (AvgIpc) is 3.28. The Morgan fingerprint density at radius 2 is 2.08 bits per heavy atom. The minimum atomic E-state index is -0.226. The van der Waals surface area contributed by atoms with Crippen LogP contribution in [0.5, 0.6) is 11.5 Å². The van der Waals surface area contributed by atoms with Crippen LogP contribution in [0.4, 0.5) is 0 Å². The van der Waals surface area contributed by atoms with E-state index in [1.165, 1.54) is 0 Å². The fraction of sp³-hybridized carbons (Fsp3) is 0.250. The highest BCUT2D eigenvalue weighted by Crippen LogP contribution is 2.34. The number of nitrogens with zero attached hydrogens (tertiary/aromatic N) is 3. The first-order valence-electron chi connectivity index (χ1n) is 7.63. The second-order valence-corrected chi connectivity index (χ2v) is 6.17. The van der Waals surface area contributed by atoms with Gasteiger partial charge in [0, 0.05) is 11.6 Å². The van der Waals surface area contributed by atoms with Crippen molar-refractivity contribution in [1.29, 1.82) is 0 Å². The summed E-state index contributed by atoms with van der Waals surface area (Å²) in [6.07, 6.45) is 0. The maximum absolute atomic E-state index is 12.1. The lowest BCUT2D eigenvalue weighted by atomic mass is 10.1. The van der Waals surface area contributed by atoms with Gasteiger partial charge in [-0.3, -0.25) is 4.79 Å². The molecule has 0 spiro atoms. The van der Waals surface area contributed by atoms with E-state index < -0.39 is 0 Å². The van der Waals surface area contributed by atoms with Gasteiger partial charge < -0.3 is 19.3 Å². The molecule has 0 unspecified atom stereocenters. The number of amides is 1. The van der Waals surface area contributed by atoms with E-state index in [0.29, 0.717) is 41.0 Å². The topological polar surface area (TPSA) is 99.4 Å². The standard InChI is InChI=1S/C16H14N4O4S/c1-9-15(25-20-18-9)16(21)17-8-11-7-13(24-19-11)10-2-3-12-14(6-10)23-5-4-22-12/h2-3,6-7H,4-5,8H2,1H3,(H,17,21). The maximum atomic E-state index is 12.1. The molecule has 9 heteroatoms. The maximum Gasteiger partial charge on any atom is 0.265 e. The van der Waals surface area contributed by atoms with Gasteiger partial charge in [0.1, 0.15) is 23.8 Å². The zero-order chi connectivity index (χ0) is 17.2. The van der Waals surface area contributed by atoms with Crippen LogP contribution in [0, 0.1) is 6.92 Å².